The van der Waals surface area contributed by atoms with Gasteiger partial charge in [0.15, 0.2) is 0 Å². The minimum absolute atomic E-state index is 0.711. The number of aromatic nitrogens is 3. The number of aryl methyl sites for hydroxylation is 1. The Labute approximate surface area is 128 Å². The molecule has 0 atom stereocenters. The molecule has 116 valence electrons. The van der Waals surface area contributed by atoms with Gasteiger partial charge in [0.2, 0.25) is 11.9 Å². The first-order valence-electron chi connectivity index (χ1n) is 7.38. The predicted octanol–water partition coefficient (Wildman–Crippen LogP) is 2.98. The molecule has 1 heterocycles. The van der Waals surface area contributed by atoms with E-state index in [-0.39, 0.29) is 0 Å². The van der Waals surface area contributed by atoms with E-state index in [9.17, 15) is 0 Å². The Balaban J connectivity index is 3.12. The Kier molecular flexibility index (Phi) is 6.34. The lowest BCUT2D eigenvalue weighted by Gasteiger charge is -2.25. The second kappa shape index (κ2) is 7.76. The van der Waals surface area contributed by atoms with Gasteiger partial charge in [-0.15, -0.1) is 0 Å². The van der Waals surface area contributed by atoms with E-state index in [4.69, 9.17) is 0 Å². The van der Waals surface area contributed by atoms with Gasteiger partial charge in [-0.05, 0) is 34.6 Å². The van der Waals surface area contributed by atoms with Gasteiger partial charge in [-0.1, -0.05) is 24.3 Å². The van der Waals surface area contributed by atoms with Gasteiger partial charge in [-0.3, -0.25) is 0 Å². The summed E-state index contributed by atoms with van der Waals surface area (Å²) in [5.74, 6) is 2.15. The molecular formula is C16H27N5. The molecule has 0 saturated carbocycles. The first-order valence-corrected chi connectivity index (χ1v) is 7.38. The maximum absolute atomic E-state index is 4.63. The molecule has 0 aliphatic carbocycles. The van der Waals surface area contributed by atoms with Crippen molar-refractivity contribution in [2.75, 3.05) is 36.0 Å². The van der Waals surface area contributed by atoms with Crippen molar-refractivity contribution in [3.05, 3.63) is 30.1 Å². The van der Waals surface area contributed by atoms with E-state index in [1.807, 2.05) is 20.8 Å². The van der Waals surface area contributed by atoms with Crippen molar-refractivity contribution < 1.29 is 0 Å². The van der Waals surface area contributed by atoms with Crippen LogP contribution in [0.1, 0.15) is 33.5 Å². The average Bonchev–Trinajstić information content (AvgIpc) is 2.40. The molecule has 1 aromatic rings. The number of rotatable bonds is 8. The van der Waals surface area contributed by atoms with Crippen LogP contribution in [0.2, 0.25) is 0 Å². The standard InChI is InChI=1S/C16H27N5/c1-8-20(10-12(3)4)15-17-14(7)18-16(19-15)21(9-2)11-13(5)6/h3,5,8-11H2,1-2,4,6-7H3. The minimum atomic E-state index is 0.711. The van der Waals surface area contributed by atoms with Crippen LogP contribution in [-0.4, -0.2) is 41.1 Å². The van der Waals surface area contributed by atoms with Gasteiger partial charge in [0.05, 0.1) is 0 Å². The fourth-order valence-corrected chi connectivity index (χ4v) is 2.04. The molecule has 0 aliphatic rings. The molecule has 0 spiro atoms. The van der Waals surface area contributed by atoms with Gasteiger partial charge < -0.3 is 9.80 Å². The lowest BCUT2D eigenvalue weighted by Crippen LogP contribution is -2.30. The van der Waals surface area contributed by atoms with E-state index in [0.29, 0.717) is 11.9 Å². The highest BCUT2D eigenvalue weighted by Gasteiger charge is 2.14. The van der Waals surface area contributed by atoms with Crippen LogP contribution in [0.15, 0.2) is 24.3 Å². The Morgan fingerprint density at radius 3 is 1.52 bits per heavy atom. The molecule has 21 heavy (non-hydrogen) atoms. The second-order valence-electron chi connectivity index (χ2n) is 5.43. The average molecular weight is 289 g/mol. The fourth-order valence-electron chi connectivity index (χ4n) is 2.04. The van der Waals surface area contributed by atoms with E-state index in [0.717, 1.165) is 43.1 Å². The van der Waals surface area contributed by atoms with Crippen molar-refractivity contribution in [1.82, 2.24) is 15.0 Å². The molecule has 0 fully saturated rings. The molecule has 1 rings (SSSR count). The highest BCUT2D eigenvalue weighted by molar-refractivity contribution is 5.41. The molecule has 0 amide bonds. The molecule has 1 aromatic heterocycles. The lowest BCUT2D eigenvalue weighted by molar-refractivity contribution is 0.775. The zero-order valence-electron chi connectivity index (χ0n) is 14.0. The number of hydrogen-bond donors (Lipinski definition) is 0. The number of anilines is 2. The summed E-state index contributed by atoms with van der Waals surface area (Å²) >= 11 is 0. The van der Waals surface area contributed by atoms with E-state index >= 15 is 0 Å². The Morgan fingerprint density at radius 1 is 0.857 bits per heavy atom. The summed E-state index contributed by atoms with van der Waals surface area (Å²) in [6, 6.07) is 0. The molecule has 0 aromatic carbocycles. The van der Waals surface area contributed by atoms with Crippen LogP contribution in [0.25, 0.3) is 0 Å². The number of hydrogen-bond acceptors (Lipinski definition) is 5. The summed E-state index contributed by atoms with van der Waals surface area (Å²) < 4.78 is 0. The van der Waals surface area contributed by atoms with Crippen molar-refractivity contribution in [2.45, 2.75) is 34.6 Å². The molecule has 0 saturated heterocycles. The van der Waals surface area contributed by atoms with Crippen LogP contribution in [0, 0.1) is 6.92 Å². The predicted molar refractivity (Wildman–Crippen MR) is 90.0 cm³/mol. The minimum Gasteiger partial charge on any atom is -0.337 e. The molecule has 5 nitrogen and oxygen atoms in total. The molecule has 5 heteroatoms. The second-order valence-corrected chi connectivity index (χ2v) is 5.43. The largest absolute Gasteiger partial charge is 0.337 e. The third-order valence-electron chi connectivity index (χ3n) is 2.97. The van der Waals surface area contributed by atoms with Gasteiger partial charge in [0.25, 0.3) is 0 Å². The Morgan fingerprint density at radius 2 is 1.24 bits per heavy atom. The van der Waals surface area contributed by atoms with E-state index in [1.54, 1.807) is 0 Å². The summed E-state index contributed by atoms with van der Waals surface area (Å²) in [4.78, 5) is 17.8. The monoisotopic (exact) mass is 289 g/mol. The summed E-state index contributed by atoms with van der Waals surface area (Å²) in [5.41, 5.74) is 2.18. The first-order chi connectivity index (χ1) is 9.87. The number of nitrogens with zero attached hydrogens (tertiary/aromatic N) is 5. The summed E-state index contributed by atoms with van der Waals surface area (Å²) in [6.07, 6.45) is 0. The van der Waals surface area contributed by atoms with Gasteiger partial charge in [0.1, 0.15) is 5.82 Å². The fraction of sp³-hybridized carbons (Fsp3) is 0.562. The highest BCUT2D eigenvalue weighted by Crippen LogP contribution is 2.15. The van der Waals surface area contributed by atoms with Crippen molar-refractivity contribution in [3.8, 4) is 0 Å². The molecule has 0 bridgehead atoms. The molecule has 0 aliphatic heterocycles. The topological polar surface area (TPSA) is 45.2 Å². The van der Waals surface area contributed by atoms with Crippen LogP contribution >= 0.6 is 0 Å². The zero-order valence-corrected chi connectivity index (χ0v) is 14.0. The van der Waals surface area contributed by atoms with Gasteiger partial charge in [-0.25, -0.2) is 0 Å². The van der Waals surface area contributed by atoms with E-state index in [1.165, 1.54) is 0 Å². The Bertz CT molecular complexity index is 467. The first kappa shape index (κ1) is 17.1. The van der Waals surface area contributed by atoms with Crippen LogP contribution in [0.3, 0.4) is 0 Å². The summed E-state index contributed by atoms with van der Waals surface area (Å²) in [6.45, 7) is 21.2. The van der Waals surface area contributed by atoms with Gasteiger partial charge in [-0.2, -0.15) is 15.0 Å². The van der Waals surface area contributed by atoms with Crippen molar-refractivity contribution in [1.29, 1.82) is 0 Å². The number of likely N-dealkylation sites (N-methyl/N-ethyl adjacent to an activating group) is 2. The molecule has 0 N–H and O–H groups in total. The van der Waals surface area contributed by atoms with Crippen LogP contribution in [0.4, 0.5) is 11.9 Å². The molecular weight excluding hydrogens is 262 g/mol. The molecule has 0 radical (unpaired) electrons. The maximum atomic E-state index is 4.63. The van der Waals surface area contributed by atoms with E-state index in [2.05, 4.69) is 51.8 Å². The summed E-state index contributed by atoms with van der Waals surface area (Å²) in [5, 5.41) is 0. The van der Waals surface area contributed by atoms with Crippen LogP contribution in [-0.2, 0) is 0 Å². The quantitative estimate of drug-likeness (QED) is 0.688. The smallest absolute Gasteiger partial charge is 0.230 e. The van der Waals surface area contributed by atoms with Crippen LogP contribution in [0.5, 0.6) is 0 Å². The van der Waals surface area contributed by atoms with Crippen molar-refractivity contribution in [2.24, 2.45) is 0 Å². The SMILES string of the molecule is C=C(C)CN(CC)c1nc(C)nc(N(CC)CC(=C)C)n1. The maximum Gasteiger partial charge on any atom is 0.230 e. The Hall–Kier alpha value is -1.91. The van der Waals surface area contributed by atoms with Crippen molar-refractivity contribution in [3.63, 3.8) is 0 Å². The third kappa shape index (κ3) is 5.17. The van der Waals surface area contributed by atoms with E-state index < -0.39 is 0 Å². The van der Waals surface area contributed by atoms with Crippen LogP contribution < -0.4 is 9.80 Å². The van der Waals surface area contributed by atoms with Gasteiger partial charge >= 0.3 is 0 Å². The zero-order chi connectivity index (χ0) is 16.0. The van der Waals surface area contributed by atoms with Crippen molar-refractivity contribution >= 4 is 11.9 Å². The lowest BCUT2D eigenvalue weighted by atomic mass is 10.3. The third-order valence-corrected chi connectivity index (χ3v) is 2.97. The highest BCUT2D eigenvalue weighted by atomic mass is 15.3. The molecule has 0 unspecified atom stereocenters. The van der Waals surface area contributed by atoms with Gasteiger partial charge in [0, 0.05) is 26.2 Å². The normalized spacial score (nSPS) is 10.3. The summed E-state index contributed by atoms with van der Waals surface area (Å²) in [7, 11) is 0.